The maximum atomic E-state index is 6.75. The molecule has 0 N–H and O–H groups in total. The van der Waals surface area contributed by atoms with E-state index >= 15 is 0 Å². The highest BCUT2D eigenvalue weighted by Crippen LogP contribution is 2.60. The van der Waals surface area contributed by atoms with Crippen LogP contribution in [0.15, 0.2) is 249 Å². The van der Waals surface area contributed by atoms with Crippen LogP contribution in [0.4, 0.5) is 0 Å². The lowest BCUT2D eigenvalue weighted by Gasteiger charge is -2.45. The Kier molecular flexibility index (Phi) is 8.25. The van der Waals surface area contributed by atoms with E-state index in [0.29, 0.717) is 0 Å². The van der Waals surface area contributed by atoms with Crippen molar-refractivity contribution in [1.82, 2.24) is 14.1 Å². The van der Waals surface area contributed by atoms with Gasteiger partial charge in [0.25, 0.3) is 0 Å². The van der Waals surface area contributed by atoms with Gasteiger partial charge in [-0.15, -0.1) is 0 Å². The van der Waals surface area contributed by atoms with Crippen LogP contribution in [-0.2, 0) is 5.41 Å². The molecule has 2 aliphatic heterocycles. The minimum absolute atomic E-state index is 0.632. The molecular weight excluding hydrogens is 851 g/mol. The first-order chi connectivity index (χ1) is 34.7. The van der Waals surface area contributed by atoms with Gasteiger partial charge < -0.3 is 13.9 Å². The van der Waals surface area contributed by atoms with Gasteiger partial charge >= 0.3 is 0 Å². The molecule has 70 heavy (non-hydrogen) atoms. The van der Waals surface area contributed by atoms with Crippen LogP contribution in [0.3, 0.4) is 0 Å². The summed E-state index contributed by atoms with van der Waals surface area (Å²) < 4.78 is 11.7. The number of ether oxygens (including phenoxy) is 1. The molecule has 4 heteroatoms. The van der Waals surface area contributed by atoms with Gasteiger partial charge in [-0.1, -0.05) is 182 Å². The van der Waals surface area contributed by atoms with Crippen molar-refractivity contribution in [3.63, 3.8) is 0 Å². The zero-order valence-corrected chi connectivity index (χ0v) is 37.9. The van der Waals surface area contributed by atoms with Gasteiger partial charge in [-0.3, -0.25) is 0 Å². The molecule has 0 aliphatic carbocycles. The van der Waals surface area contributed by atoms with Gasteiger partial charge in [0.15, 0.2) is 0 Å². The van der Waals surface area contributed by atoms with E-state index < -0.39 is 5.41 Å². The van der Waals surface area contributed by atoms with Crippen molar-refractivity contribution in [2.45, 2.75) is 5.41 Å². The monoisotopic (exact) mass is 891 g/mol. The number of nitrogens with zero attached hydrogens (tertiary/aromatic N) is 3. The molecule has 0 radical (unpaired) electrons. The van der Waals surface area contributed by atoms with E-state index in [4.69, 9.17) is 9.72 Å². The fourth-order valence-electron chi connectivity index (χ4n) is 12.1. The third-order valence-corrected chi connectivity index (χ3v) is 15.0. The van der Waals surface area contributed by atoms with E-state index in [1.807, 2.05) is 0 Å². The molecule has 0 fully saturated rings. The molecule has 0 saturated carbocycles. The number of fused-ring (bicyclic) bond motifs is 14. The Morgan fingerprint density at radius 1 is 0.343 bits per heavy atom. The van der Waals surface area contributed by atoms with Crippen molar-refractivity contribution >= 4 is 43.6 Å². The van der Waals surface area contributed by atoms with Gasteiger partial charge in [0.2, 0.25) is 0 Å². The maximum Gasteiger partial charge on any atom is 0.132 e. The van der Waals surface area contributed by atoms with E-state index in [1.165, 1.54) is 49.4 Å². The molecule has 0 bridgehead atoms. The first-order valence-electron chi connectivity index (χ1n) is 24.0. The Hall–Kier alpha value is -9.25. The van der Waals surface area contributed by atoms with Crippen molar-refractivity contribution in [3.05, 3.63) is 271 Å². The minimum atomic E-state index is -0.632. The molecule has 326 valence electrons. The Bertz CT molecular complexity index is 4160. The molecule has 3 aromatic heterocycles. The number of hydrogen-bond acceptors (Lipinski definition) is 2. The maximum absolute atomic E-state index is 6.75. The van der Waals surface area contributed by atoms with E-state index in [1.54, 1.807) is 0 Å². The number of para-hydroxylation sites is 5. The average Bonchev–Trinajstić information content (AvgIpc) is 3.96. The van der Waals surface area contributed by atoms with Crippen molar-refractivity contribution in [3.8, 4) is 67.6 Å². The fraction of sp³-hybridized carbons (Fsp3) is 0.0152. The Morgan fingerprint density at radius 3 is 1.63 bits per heavy atom. The standard InChI is InChI=1S/C66H41N3O/c1-4-18-42(19-5-1)56-39-46(40-57(67-56)43-20-6-2-7-21-43)48-25-17-31-60-64(48)51-38-44(35-37-59(51)68(60)47-22-8-3-9-23-47)45-34-36-52-61(41-45)69-58-30-13-10-24-49(58)50-26-16-29-55(65(50)69)66(52)53-27-11-14-32-62(53)70-63-33-15-12-28-54(63)66/h1-41H. The molecule has 13 aromatic rings. The summed E-state index contributed by atoms with van der Waals surface area (Å²) in [5.41, 5.74) is 19.8. The lowest BCUT2D eigenvalue weighted by molar-refractivity contribution is 0.434. The molecule has 0 saturated heterocycles. The second-order valence-corrected chi connectivity index (χ2v) is 18.6. The van der Waals surface area contributed by atoms with Crippen LogP contribution < -0.4 is 4.74 Å². The van der Waals surface area contributed by atoms with Crippen molar-refractivity contribution in [2.75, 3.05) is 0 Å². The Morgan fingerprint density at radius 2 is 0.900 bits per heavy atom. The SMILES string of the molecule is c1ccc(-c2cc(-c3cccc4c3c3cc(-c5ccc6c(c5)-n5c7ccccc7c7cccc(c75)C65c6ccccc6Oc6ccccc65)ccc3n4-c3ccccc3)cc(-c3ccccc3)n2)cc1. The van der Waals surface area contributed by atoms with Crippen LogP contribution in [0.5, 0.6) is 11.5 Å². The highest BCUT2D eigenvalue weighted by Gasteiger charge is 2.50. The molecule has 10 aromatic carbocycles. The number of rotatable bonds is 5. The van der Waals surface area contributed by atoms with Crippen LogP contribution in [0.1, 0.15) is 22.3 Å². The largest absolute Gasteiger partial charge is 0.457 e. The number of benzene rings is 10. The zero-order valence-electron chi connectivity index (χ0n) is 37.9. The molecule has 4 nitrogen and oxygen atoms in total. The summed E-state index contributed by atoms with van der Waals surface area (Å²) in [6.45, 7) is 0. The van der Waals surface area contributed by atoms with E-state index in [9.17, 15) is 0 Å². The summed E-state index contributed by atoms with van der Waals surface area (Å²) in [5, 5.41) is 4.87. The third kappa shape index (κ3) is 5.44. The minimum Gasteiger partial charge on any atom is -0.457 e. The van der Waals surface area contributed by atoms with Crippen LogP contribution in [0.25, 0.3) is 99.8 Å². The number of aromatic nitrogens is 3. The van der Waals surface area contributed by atoms with E-state index in [0.717, 1.165) is 84.1 Å². The highest BCUT2D eigenvalue weighted by atomic mass is 16.5. The van der Waals surface area contributed by atoms with Crippen molar-refractivity contribution in [2.24, 2.45) is 0 Å². The molecule has 0 amide bonds. The third-order valence-electron chi connectivity index (χ3n) is 15.0. The van der Waals surface area contributed by atoms with Crippen LogP contribution in [0.2, 0.25) is 0 Å². The molecular formula is C66H41N3O. The first-order valence-corrected chi connectivity index (χ1v) is 24.0. The average molecular weight is 892 g/mol. The number of hydrogen-bond donors (Lipinski definition) is 0. The van der Waals surface area contributed by atoms with Gasteiger partial charge in [0.1, 0.15) is 11.5 Å². The smallest absolute Gasteiger partial charge is 0.132 e. The van der Waals surface area contributed by atoms with Gasteiger partial charge in [0.05, 0.1) is 44.6 Å². The van der Waals surface area contributed by atoms with Crippen LogP contribution in [0, 0.1) is 0 Å². The summed E-state index contributed by atoms with van der Waals surface area (Å²) in [4.78, 5) is 5.27. The summed E-state index contributed by atoms with van der Waals surface area (Å²) >= 11 is 0. The molecule has 1 spiro atoms. The predicted molar refractivity (Wildman–Crippen MR) is 287 cm³/mol. The van der Waals surface area contributed by atoms with Gasteiger partial charge in [-0.25, -0.2) is 4.98 Å². The molecule has 15 rings (SSSR count). The summed E-state index contributed by atoms with van der Waals surface area (Å²) in [6, 6.07) is 90.3. The topological polar surface area (TPSA) is 32.0 Å². The van der Waals surface area contributed by atoms with Gasteiger partial charge in [-0.2, -0.15) is 0 Å². The van der Waals surface area contributed by atoms with Gasteiger partial charge in [0, 0.05) is 49.5 Å². The number of pyridine rings is 1. The van der Waals surface area contributed by atoms with Crippen molar-refractivity contribution in [1.29, 1.82) is 0 Å². The van der Waals surface area contributed by atoms with Gasteiger partial charge in [-0.05, 0) is 100 Å². The van der Waals surface area contributed by atoms with Crippen LogP contribution >= 0.6 is 0 Å². The second kappa shape index (κ2) is 14.9. The molecule has 2 aliphatic rings. The molecule has 5 heterocycles. The second-order valence-electron chi connectivity index (χ2n) is 18.6. The van der Waals surface area contributed by atoms with E-state index in [2.05, 4.69) is 258 Å². The lowest BCUT2D eigenvalue weighted by Crippen LogP contribution is -2.37. The lowest BCUT2D eigenvalue weighted by atomic mass is 9.61. The quantitative estimate of drug-likeness (QED) is 0.172. The normalized spacial score (nSPS) is 13.1. The molecule has 0 atom stereocenters. The Labute approximate surface area is 404 Å². The Balaban J connectivity index is 1.01. The fourth-order valence-corrected chi connectivity index (χ4v) is 12.1. The zero-order chi connectivity index (χ0) is 45.9. The summed E-state index contributed by atoms with van der Waals surface area (Å²) in [5.74, 6) is 1.77. The van der Waals surface area contributed by atoms with E-state index in [-0.39, 0.29) is 0 Å². The van der Waals surface area contributed by atoms with Crippen LogP contribution in [-0.4, -0.2) is 14.1 Å². The predicted octanol–water partition coefficient (Wildman–Crippen LogP) is 16.7. The highest BCUT2D eigenvalue weighted by molar-refractivity contribution is 6.17. The summed E-state index contributed by atoms with van der Waals surface area (Å²) in [7, 11) is 0. The van der Waals surface area contributed by atoms with Crippen molar-refractivity contribution < 1.29 is 4.74 Å². The summed E-state index contributed by atoms with van der Waals surface area (Å²) in [6.07, 6.45) is 0. The molecule has 0 unspecified atom stereocenters. The first kappa shape index (κ1) is 38.8.